The Morgan fingerprint density at radius 3 is 2.48 bits per heavy atom. The molecular weight excluding hydrogens is 528 g/mol. The predicted octanol–water partition coefficient (Wildman–Crippen LogP) is 3.66. The molecule has 3 N–H and O–H groups in total. The molecule has 2 amide bonds. The Hall–Kier alpha value is -3.02. The van der Waals surface area contributed by atoms with Crippen LogP contribution >= 0.6 is 0 Å². The monoisotopic (exact) mass is 564 g/mol. The van der Waals surface area contributed by atoms with Crippen LogP contribution in [-0.4, -0.2) is 72.5 Å². The van der Waals surface area contributed by atoms with E-state index in [1.807, 2.05) is 25.1 Å². The number of hydrogen-bond acceptors (Lipinski definition) is 5. The highest BCUT2D eigenvalue weighted by Crippen LogP contribution is 2.40. The van der Waals surface area contributed by atoms with Gasteiger partial charge in [0.1, 0.15) is 5.82 Å². The van der Waals surface area contributed by atoms with E-state index in [-0.39, 0.29) is 30.0 Å². The molecule has 1 aliphatic carbocycles. The number of halogens is 4. The van der Waals surface area contributed by atoms with Crippen molar-refractivity contribution in [1.29, 1.82) is 0 Å². The quantitative estimate of drug-likeness (QED) is 0.427. The molecule has 4 rings (SSSR count). The summed E-state index contributed by atoms with van der Waals surface area (Å²) in [5.41, 5.74) is -0.976. The summed E-state index contributed by atoms with van der Waals surface area (Å²) >= 11 is 0. The molecule has 0 aromatic heterocycles. The van der Waals surface area contributed by atoms with Gasteiger partial charge in [0, 0.05) is 42.8 Å². The highest BCUT2D eigenvalue weighted by atomic mass is 19.4. The fourth-order valence-electron chi connectivity index (χ4n) is 5.65. The molecule has 2 aromatic rings. The van der Waals surface area contributed by atoms with Crippen molar-refractivity contribution in [3.8, 4) is 0 Å². The van der Waals surface area contributed by atoms with Crippen LogP contribution in [-0.2, 0) is 23.1 Å². The first-order valence-corrected chi connectivity index (χ1v) is 13.5. The van der Waals surface area contributed by atoms with Gasteiger partial charge in [-0.1, -0.05) is 18.2 Å². The van der Waals surface area contributed by atoms with Crippen molar-refractivity contribution in [2.24, 2.45) is 0 Å². The van der Waals surface area contributed by atoms with Crippen LogP contribution < -0.4 is 10.6 Å². The molecule has 1 saturated heterocycles. The van der Waals surface area contributed by atoms with E-state index in [0.717, 1.165) is 44.0 Å². The van der Waals surface area contributed by atoms with Crippen LogP contribution in [0, 0.1) is 5.82 Å². The number of likely N-dealkylation sites (tertiary alicyclic amines) is 1. The number of nitrogens with zero attached hydrogens (tertiary/aromatic N) is 2. The highest BCUT2D eigenvalue weighted by molar-refractivity contribution is 5.96. The van der Waals surface area contributed by atoms with Gasteiger partial charge in [-0.05, 0) is 76.0 Å². The molecule has 7 nitrogen and oxygen atoms in total. The number of aliphatic hydroxyl groups is 1. The van der Waals surface area contributed by atoms with Gasteiger partial charge >= 0.3 is 6.18 Å². The Kier molecular flexibility index (Phi) is 9.16. The van der Waals surface area contributed by atoms with Gasteiger partial charge in [-0.15, -0.1) is 0 Å². The molecule has 2 fully saturated rings. The van der Waals surface area contributed by atoms with Crippen molar-refractivity contribution in [2.75, 3.05) is 33.7 Å². The van der Waals surface area contributed by atoms with Crippen LogP contribution in [0.2, 0.25) is 0 Å². The van der Waals surface area contributed by atoms with Crippen molar-refractivity contribution < 1.29 is 32.3 Å². The molecule has 1 heterocycles. The van der Waals surface area contributed by atoms with Gasteiger partial charge in [-0.3, -0.25) is 14.5 Å². The summed E-state index contributed by atoms with van der Waals surface area (Å²) < 4.78 is 53.3. The van der Waals surface area contributed by atoms with Gasteiger partial charge in [-0.25, -0.2) is 4.39 Å². The van der Waals surface area contributed by atoms with Gasteiger partial charge in [-0.2, -0.15) is 13.2 Å². The first kappa shape index (κ1) is 30.0. The van der Waals surface area contributed by atoms with Crippen LogP contribution in [0.5, 0.6) is 0 Å². The van der Waals surface area contributed by atoms with Crippen LogP contribution in [0.15, 0.2) is 42.5 Å². The number of carbonyl (C=O) groups is 2. The summed E-state index contributed by atoms with van der Waals surface area (Å²) in [6.07, 6.45) is -1.32. The number of carbonyl (C=O) groups excluding carboxylic acids is 2. The normalized spacial score (nSPS) is 23.8. The number of rotatable bonds is 8. The lowest BCUT2D eigenvalue weighted by molar-refractivity contribution is -0.137. The minimum atomic E-state index is -4.56. The first-order chi connectivity index (χ1) is 18.8. The van der Waals surface area contributed by atoms with Crippen molar-refractivity contribution in [1.82, 2.24) is 20.4 Å². The topological polar surface area (TPSA) is 84.9 Å². The molecule has 0 bridgehead atoms. The molecule has 2 aliphatic rings. The molecule has 0 radical (unpaired) electrons. The van der Waals surface area contributed by atoms with E-state index in [0.29, 0.717) is 37.1 Å². The third kappa shape index (κ3) is 7.38. The van der Waals surface area contributed by atoms with E-state index in [1.54, 1.807) is 6.07 Å². The van der Waals surface area contributed by atoms with E-state index < -0.39 is 29.2 Å². The van der Waals surface area contributed by atoms with E-state index in [4.69, 9.17) is 0 Å². The molecule has 1 atom stereocenters. The van der Waals surface area contributed by atoms with E-state index in [9.17, 15) is 32.3 Å². The average Bonchev–Trinajstić information content (AvgIpc) is 3.36. The Labute approximate surface area is 231 Å². The van der Waals surface area contributed by atoms with Gasteiger partial charge in [0.05, 0.1) is 17.7 Å². The maximum atomic E-state index is 14.6. The zero-order valence-corrected chi connectivity index (χ0v) is 22.7. The van der Waals surface area contributed by atoms with Crippen LogP contribution in [0.1, 0.15) is 59.2 Å². The minimum absolute atomic E-state index is 0.114. The number of nitrogens with one attached hydrogen (secondary N) is 2. The van der Waals surface area contributed by atoms with Crippen molar-refractivity contribution in [3.05, 3.63) is 70.5 Å². The van der Waals surface area contributed by atoms with Gasteiger partial charge in [0.15, 0.2) is 0 Å². The molecular formula is C29H36F4N4O3. The lowest BCUT2D eigenvalue weighted by Gasteiger charge is -2.40. The van der Waals surface area contributed by atoms with Gasteiger partial charge in [0.25, 0.3) is 5.91 Å². The second-order valence-corrected chi connectivity index (χ2v) is 11.1. The number of amides is 2. The molecule has 1 aliphatic heterocycles. The smallest absolute Gasteiger partial charge is 0.385 e. The summed E-state index contributed by atoms with van der Waals surface area (Å²) in [6.45, 7) is 1.55. The Bertz CT molecular complexity index is 1210. The fraction of sp³-hybridized carbons (Fsp3) is 0.517. The SMILES string of the molecule is CN(C)Cc1ccc(C2(O)CCC(N3CC[C@@H](NC(=O)CNC(=O)c4cccc(C(F)(F)F)c4)C3)CC2)cc1F. The van der Waals surface area contributed by atoms with Crippen molar-refractivity contribution in [2.45, 2.75) is 62.5 Å². The summed E-state index contributed by atoms with van der Waals surface area (Å²) in [4.78, 5) is 28.8. The Balaban J connectivity index is 1.22. The molecule has 0 spiro atoms. The standard InChI is InChI=1S/C29H36F4N4O3/c1-36(2)17-20-6-7-21(15-25(20)30)28(40)11-8-24(9-12-28)37-13-10-23(18-37)35-26(38)16-34-27(39)19-4-3-5-22(14-19)29(31,32)33/h3-7,14-15,23-24,40H,8-13,16-18H2,1-2H3,(H,34,39)(H,35,38)/t23-,24?,28?/m1/s1. The fourth-order valence-corrected chi connectivity index (χ4v) is 5.65. The van der Waals surface area contributed by atoms with E-state index in [2.05, 4.69) is 15.5 Å². The van der Waals surface area contributed by atoms with Gasteiger partial charge in [0.2, 0.25) is 5.91 Å². The van der Waals surface area contributed by atoms with Crippen LogP contribution in [0.3, 0.4) is 0 Å². The zero-order chi connectivity index (χ0) is 29.1. The molecule has 0 unspecified atom stereocenters. The highest BCUT2D eigenvalue weighted by Gasteiger charge is 2.39. The largest absolute Gasteiger partial charge is 0.416 e. The summed E-state index contributed by atoms with van der Waals surface area (Å²) in [5, 5.41) is 16.5. The first-order valence-electron chi connectivity index (χ1n) is 13.5. The number of benzene rings is 2. The molecule has 1 saturated carbocycles. The number of hydrogen-bond donors (Lipinski definition) is 3. The second kappa shape index (κ2) is 12.2. The molecule has 218 valence electrons. The van der Waals surface area contributed by atoms with Crippen molar-refractivity contribution >= 4 is 11.8 Å². The van der Waals surface area contributed by atoms with Gasteiger partial charge < -0.3 is 20.6 Å². The molecule has 2 aromatic carbocycles. The third-order valence-corrected chi connectivity index (χ3v) is 7.82. The predicted molar refractivity (Wildman–Crippen MR) is 142 cm³/mol. The minimum Gasteiger partial charge on any atom is -0.385 e. The zero-order valence-electron chi connectivity index (χ0n) is 22.7. The maximum Gasteiger partial charge on any atom is 0.416 e. The lowest BCUT2D eigenvalue weighted by atomic mass is 9.77. The number of alkyl halides is 3. The van der Waals surface area contributed by atoms with E-state index >= 15 is 0 Å². The van der Waals surface area contributed by atoms with Crippen molar-refractivity contribution in [3.63, 3.8) is 0 Å². The lowest BCUT2D eigenvalue weighted by Crippen LogP contribution is -2.45. The Morgan fingerprint density at radius 1 is 1.10 bits per heavy atom. The average molecular weight is 565 g/mol. The molecule has 40 heavy (non-hydrogen) atoms. The van der Waals surface area contributed by atoms with Crippen LogP contribution in [0.25, 0.3) is 0 Å². The third-order valence-electron chi connectivity index (χ3n) is 7.82. The summed E-state index contributed by atoms with van der Waals surface area (Å²) in [7, 11) is 3.75. The van der Waals surface area contributed by atoms with E-state index in [1.165, 1.54) is 12.1 Å². The Morgan fingerprint density at radius 2 is 1.82 bits per heavy atom. The van der Waals surface area contributed by atoms with Crippen LogP contribution in [0.4, 0.5) is 17.6 Å². The maximum absolute atomic E-state index is 14.6. The summed E-state index contributed by atoms with van der Waals surface area (Å²) in [6, 6.07) is 9.18. The second-order valence-electron chi connectivity index (χ2n) is 11.1. The summed E-state index contributed by atoms with van der Waals surface area (Å²) in [5.74, 6) is -1.48. The molecule has 11 heteroatoms.